The van der Waals surface area contributed by atoms with E-state index >= 15 is 0 Å². The van der Waals surface area contributed by atoms with Crippen molar-refractivity contribution in [3.8, 4) is 0 Å². The standard InChI is InChI=1S/C9H13NO3S/c10-13-7-6-9(14(11)12)8-4-2-1-3-5-8/h1-5,9,14H,6-7,10H2/t9-/m1/s1. The Hall–Kier alpha value is -0.910. The van der Waals surface area contributed by atoms with Crippen LogP contribution in [-0.4, -0.2) is 15.0 Å². The molecular formula is C9H13NO3S. The van der Waals surface area contributed by atoms with Gasteiger partial charge in [0.15, 0.2) is 0 Å². The SMILES string of the molecule is NOCC[C@H](c1ccccc1)[SH](=O)=O. The van der Waals surface area contributed by atoms with Gasteiger partial charge in [-0.25, -0.2) is 14.3 Å². The first-order valence-electron chi connectivity index (χ1n) is 4.26. The Balaban J connectivity index is 2.78. The summed E-state index contributed by atoms with van der Waals surface area (Å²) in [5.41, 5.74) is 0.778. The topological polar surface area (TPSA) is 69.4 Å². The van der Waals surface area contributed by atoms with Crippen LogP contribution in [0.5, 0.6) is 0 Å². The van der Waals surface area contributed by atoms with Crippen LogP contribution in [0.1, 0.15) is 17.2 Å². The molecule has 0 saturated heterocycles. The van der Waals surface area contributed by atoms with Crippen LogP contribution < -0.4 is 5.90 Å². The van der Waals surface area contributed by atoms with Gasteiger partial charge in [-0.3, -0.25) is 0 Å². The molecule has 2 N–H and O–H groups in total. The van der Waals surface area contributed by atoms with Crippen LogP contribution in [0.15, 0.2) is 30.3 Å². The fourth-order valence-electron chi connectivity index (χ4n) is 1.25. The quantitative estimate of drug-likeness (QED) is 0.558. The molecule has 0 radical (unpaired) electrons. The Kier molecular flexibility index (Phi) is 4.58. The second kappa shape index (κ2) is 5.74. The summed E-state index contributed by atoms with van der Waals surface area (Å²) in [6.45, 7) is 0.239. The fourth-order valence-corrected chi connectivity index (χ4v) is 1.98. The van der Waals surface area contributed by atoms with Crippen LogP contribution in [0, 0.1) is 0 Å². The second-order valence-electron chi connectivity index (χ2n) is 2.87. The summed E-state index contributed by atoms with van der Waals surface area (Å²) in [5, 5.41) is -0.505. The van der Waals surface area contributed by atoms with Crippen molar-refractivity contribution in [1.82, 2.24) is 0 Å². The van der Waals surface area contributed by atoms with Gasteiger partial charge in [-0.1, -0.05) is 30.3 Å². The molecule has 0 bridgehead atoms. The highest BCUT2D eigenvalue weighted by Crippen LogP contribution is 2.19. The van der Waals surface area contributed by atoms with Gasteiger partial charge in [0.2, 0.25) is 0 Å². The Morgan fingerprint density at radius 2 is 1.93 bits per heavy atom. The molecule has 4 nitrogen and oxygen atoms in total. The number of hydrogen-bond acceptors (Lipinski definition) is 4. The van der Waals surface area contributed by atoms with E-state index in [0.717, 1.165) is 5.56 Å². The number of rotatable bonds is 5. The van der Waals surface area contributed by atoms with E-state index in [-0.39, 0.29) is 6.61 Å². The summed E-state index contributed by atoms with van der Waals surface area (Å²) in [7, 11) is -2.49. The molecule has 1 atom stereocenters. The maximum atomic E-state index is 10.9. The smallest absolute Gasteiger partial charge is 0.147 e. The van der Waals surface area contributed by atoms with Crippen molar-refractivity contribution in [2.24, 2.45) is 5.90 Å². The molecule has 0 spiro atoms. The zero-order valence-electron chi connectivity index (χ0n) is 7.63. The highest BCUT2D eigenvalue weighted by Gasteiger charge is 2.13. The third-order valence-electron chi connectivity index (χ3n) is 1.95. The molecule has 0 heterocycles. The van der Waals surface area contributed by atoms with E-state index in [2.05, 4.69) is 4.84 Å². The molecule has 0 saturated carbocycles. The Morgan fingerprint density at radius 3 is 2.43 bits per heavy atom. The van der Waals surface area contributed by atoms with Gasteiger partial charge in [-0.15, -0.1) is 0 Å². The van der Waals surface area contributed by atoms with Gasteiger partial charge in [0.1, 0.15) is 10.7 Å². The largest absolute Gasteiger partial charge is 0.305 e. The summed E-state index contributed by atoms with van der Waals surface area (Å²) >= 11 is 0. The van der Waals surface area contributed by atoms with E-state index in [1.54, 1.807) is 12.1 Å². The first-order chi connectivity index (χ1) is 6.75. The van der Waals surface area contributed by atoms with Crippen LogP contribution >= 0.6 is 0 Å². The van der Waals surface area contributed by atoms with Gasteiger partial charge < -0.3 is 4.84 Å². The monoisotopic (exact) mass is 215 g/mol. The van der Waals surface area contributed by atoms with Crippen LogP contribution in [0.2, 0.25) is 0 Å². The molecular weight excluding hydrogens is 202 g/mol. The summed E-state index contributed by atoms with van der Waals surface area (Å²) in [6, 6.07) is 9.03. The molecule has 0 aliphatic heterocycles. The van der Waals surface area contributed by atoms with Crippen molar-refractivity contribution < 1.29 is 13.3 Å². The molecule has 1 rings (SSSR count). The average Bonchev–Trinajstić information content (AvgIpc) is 2.19. The zero-order chi connectivity index (χ0) is 10.4. The van der Waals surface area contributed by atoms with Gasteiger partial charge in [0, 0.05) is 0 Å². The van der Waals surface area contributed by atoms with E-state index in [0.29, 0.717) is 6.42 Å². The fraction of sp³-hybridized carbons (Fsp3) is 0.333. The van der Waals surface area contributed by atoms with Gasteiger partial charge in [-0.2, -0.15) is 0 Å². The van der Waals surface area contributed by atoms with Gasteiger partial charge in [0.05, 0.1) is 11.9 Å². The zero-order valence-corrected chi connectivity index (χ0v) is 8.52. The van der Waals surface area contributed by atoms with Gasteiger partial charge >= 0.3 is 0 Å². The third kappa shape index (κ3) is 3.10. The molecule has 5 heteroatoms. The predicted octanol–water partition coefficient (Wildman–Crippen LogP) is 0.620. The minimum Gasteiger partial charge on any atom is -0.305 e. The minimum absolute atomic E-state index is 0.239. The number of benzene rings is 1. The molecule has 78 valence electrons. The van der Waals surface area contributed by atoms with E-state index in [1.165, 1.54) is 0 Å². The second-order valence-corrected chi connectivity index (χ2v) is 4.07. The summed E-state index contributed by atoms with van der Waals surface area (Å²) < 4.78 is 21.9. The molecule has 1 aromatic rings. The lowest BCUT2D eigenvalue weighted by Gasteiger charge is -2.09. The first kappa shape index (κ1) is 11.2. The lowest BCUT2D eigenvalue weighted by atomic mass is 10.1. The van der Waals surface area contributed by atoms with Crippen LogP contribution in [0.3, 0.4) is 0 Å². The van der Waals surface area contributed by atoms with Crippen molar-refractivity contribution in [2.75, 3.05) is 6.61 Å². The molecule has 0 amide bonds. The summed E-state index contributed by atoms with van der Waals surface area (Å²) in [6.07, 6.45) is 0.388. The van der Waals surface area contributed by atoms with Crippen molar-refractivity contribution in [3.63, 3.8) is 0 Å². The first-order valence-corrected chi connectivity index (χ1v) is 5.50. The maximum absolute atomic E-state index is 10.9. The molecule has 0 aromatic heterocycles. The predicted molar refractivity (Wildman–Crippen MR) is 54.3 cm³/mol. The summed E-state index contributed by atoms with van der Waals surface area (Å²) in [4.78, 5) is 4.38. The molecule has 1 aromatic carbocycles. The van der Waals surface area contributed by atoms with E-state index < -0.39 is 16.0 Å². The Bertz CT molecular complexity index is 329. The highest BCUT2D eigenvalue weighted by molar-refractivity contribution is 7.72. The maximum Gasteiger partial charge on any atom is 0.147 e. The van der Waals surface area contributed by atoms with E-state index in [4.69, 9.17) is 5.90 Å². The highest BCUT2D eigenvalue weighted by atomic mass is 32.2. The van der Waals surface area contributed by atoms with Gasteiger partial charge in [-0.05, 0) is 12.0 Å². The van der Waals surface area contributed by atoms with Crippen molar-refractivity contribution in [1.29, 1.82) is 0 Å². The van der Waals surface area contributed by atoms with Crippen molar-refractivity contribution in [3.05, 3.63) is 35.9 Å². The van der Waals surface area contributed by atoms with E-state index in [1.807, 2.05) is 18.2 Å². The molecule has 14 heavy (non-hydrogen) atoms. The number of nitrogens with two attached hydrogens (primary N) is 1. The Morgan fingerprint density at radius 1 is 1.29 bits per heavy atom. The molecule has 0 aliphatic rings. The van der Waals surface area contributed by atoms with Crippen molar-refractivity contribution in [2.45, 2.75) is 11.7 Å². The van der Waals surface area contributed by atoms with Crippen LogP contribution in [0.4, 0.5) is 0 Å². The average molecular weight is 215 g/mol. The lowest BCUT2D eigenvalue weighted by molar-refractivity contribution is 0.134. The lowest BCUT2D eigenvalue weighted by Crippen LogP contribution is -2.08. The Labute approximate surface area is 84.6 Å². The number of thiol groups is 1. The third-order valence-corrected chi connectivity index (χ3v) is 3.01. The molecule has 0 aliphatic carbocycles. The van der Waals surface area contributed by atoms with Crippen LogP contribution in [-0.2, 0) is 15.5 Å². The van der Waals surface area contributed by atoms with Crippen molar-refractivity contribution >= 4 is 10.7 Å². The van der Waals surface area contributed by atoms with E-state index in [9.17, 15) is 8.42 Å². The minimum atomic E-state index is -2.49. The molecule has 0 fully saturated rings. The normalized spacial score (nSPS) is 13.0. The van der Waals surface area contributed by atoms with Gasteiger partial charge in [0.25, 0.3) is 0 Å². The van der Waals surface area contributed by atoms with Crippen LogP contribution in [0.25, 0.3) is 0 Å². The number of hydrogen-bond donors (Lipinski definition) is 2. The molecule has 0 unspecified atom stereocenters. The summed E-state index contributed by atoms with van der Waals surface area (Å²) in [5.74, 6) is 4.86.